The Kier molecular flexibility index (Phi) is 4.65. The van der Waals surface area contributed by atoms with Gasteiger partial charge in [0.05, 0.1) is 5.41 Å². The fraction of sp³-hybridized carbons (Fsp3) is 0.381. The van der Waals surface area contributed by atoms with E-state index in [1.54, 1.807) is 0 Å². The lowest BCUT2D eigenvalue weighted by molar-refractivity contribution is -0.123. The molecule has 0 atom stereocenters. The van der Waals surface area contributed by atoms with Gasteiger partial charge in [-0.25, -0.2) is 0 Å². The normalized spacial score (nSPS) is 18.4. The van der Waals surface area contributed by atoms with E-state index in [0.717, 1.165) is 55.5 Å². The molecule has 4 rings (SSSR count). The number of hydrogen-bond acceptors (Lipinski definition) is 2. The molecule has 4 heteroatoms. The first-order valence-electron chi connectivity index (χ1n) is 9.01. The van der Waals surface area contributed by atoms with Crippen molar-refractivity contribution in [2.75, 3.05) is 19.6 Å². The zero-order valence-electron chi connectivity index (χ0n) is 14.3. The van der Waals surface area contributed by atoms with Crippen molar-refractivity contribution in [3.63, 3.8) is 0 Å². The van der Waals surface area contributed by atoms with Crippen LogP contribution in [-0.4, -0.2) is 30.4 Å². The summed E-state index contributed by atoms with van der Waals surface area (Å²) in [5.74, 6) is 0.187. The average Bonchev–Trinajstić information content (AvgIpc) is 3.44. The van der Waals surface area contributed by atoms with Gasteiger partial charge >= 0.3 is 0 Å². The standard InChI is InChI=1S/C21H23BrN2O/c22-19-7-5-18(6-8-19)21(10-11-21)20(25)23-12-14-24-13-9-16-3-1-2-4-17(16)15-24/h1-8H,9-15H2,(H,23,25). The van der Waals surface area contributed by atoms with E-state index >= 15 is 0 Å². The highest BCUT2D eigenvalue weighted by Gasteiger charge is 2.50. The van der Waals surface area contributed by atoms with Crippen molar-refractivity contribution < 1.29 is 4.79 Å². The first-order valence-corrected chi connectivity index (χ1v) is 9.80. The number of carbonyl (C=O) groups is 1. The lowest BCUT2D eigenvalue weighted by Gasteiger charge is -2.29. The Morgan fingerprint density at radius 2 is 1.80 bits per heavy atom. The predicted molar refractivity (Wildman–Crippen MR) is 103 cm³/mol. The Bertz CT molecular complexity index is 768. The van der Waals surface area contributed by atoms with Gasteiger partial charge in [0.1, 0.15) is 0 Å². The maximum atomic E-state index is 12.7. The van der Waals surface area contributed by atoms with E-state index in [4.69, 9.17) is 0 Å². The highest BCUT2D eigenvalue weighted by molar-refractivity contribution is 9.10. The molecule has 0 radical (unpaired) electrons. The summed E-state index contributed by atoms with van der Waals surface area (Å²) >= 11 is 3.46. The first-order chi connectivity index (χ1) is 12.2. The Labute approximate surface area is 157 Å². The number of fused-ring (bicyclic) bond motifs is 1. The summed E-state index contributed by atoms with van der Waals surface area (Å²) < 4.78 is 1.05. The van der Waals surface area contributed by atoms with Crippen LogP contribution in [-0.2, 0) is 23.2 Å². The van der Waals surface area contributed by atoms with Gasteiger partial charge in [0.2, 0.25) is 5.91 Å². The van der Waals surface area contributed by atoms with Crippen LogP contribution < -0.4 is 5.32 Å². The van der Waals surface area contributed by atoms with E-state index in [1.165, 1.54) is 11.1 Å². The number of benzene rings is 2. The van der Waals surface area contributed by atoms with Crippen LogP contribution in [0.2, 0.25) is 0 Å². The highest BCUT2D eigenvalue weighted by Crippen LogP contribution is 2.48. The molecular weight excluding hydrogens is 376 g/mol. The number of hydrogen-bond donors (Lipinski definition) is 1. The SMILES string of the molecule is O=C(NCCN1CCc2ccccc2C1)C1(c2ccc(Br)cc2)CC1. The first kappa shape index (κ1) is 16.8. The highest BCUT2D eigenvalue weighted by atomic mass is 79.9. The topological polar surface area (TPSA) is 32.3 Å². The maximum Gasteiger partial charge on any atom is 0.230 e. The molecule has 130 valence electrons. The minimum atomic E-state index is -0.283. The van der Waals surface area contributed by atoms with E-state index in [2.05, 4.69) is 62.5 Å². The van der Waals surface area contributed by atoms with Gasteiger partial charge < -0.3 is 5.32 Å². The van der Waals surface area contributed by atoms with Crippen LogP contribution in [0.25, 0.3) is 0 Å². The summed E-state index contributed by atoms with van der Waals surface area (Å²) in [6.45, 7) is 3.70. The van der Waals surface area contributed by atoms with Crippen LogP contribution in [0.5, 0.6) is 0 Å². The van der Waals surface area contributed by atoms with E-state index < -0.39 is 0 Å². The molecule has 2 aromatic rings. The molecule has 1 aliphatic carbocycles. The van der Waals surface area contributed by atoms with Gasteiger partial charge in [0.25, 0.3) is 0 Å². The van der Waals surface area contributed by atoms with Crippen LogP contribution >= 0.6 is 15.9 Å². The largest absolute Gasteiger partial charge is 0.354 e. The van der Waals surface area contributed by atoms with Gasteiger partial charge in [0.15, 0.2) is 0 Å². The fourth-order valence-corrected chi connectivity index (χ4v) is 4.05. The van der Waals surface area contributed by atoms with E-state index in [1.807, 2.05) is 12.1 Å². The van der Waals surface area contributed by atoms with Gasteiger partial charge in [-0.2, -0.15) is 0 Å². The van der Waals surface area contributed by atoms with E-state index in [-0.39, 0.29) is 11.3 Å². The van der Waals surface area contributed by atoms with Crippen molar-refractivity contribution in [1.29, 1.82) is 0 Å². The number of amides is 1. The number of nitrogens with one attached hydrogen (secondary N) is 1. The molecule has 0 bridgehead atoms. The fourth-order valence-electron chi connectivity index (χ4n) is 3.78. The minimum absolute atomic E-state index is 0.187. The van der Waals surface area contributed by atoms with Gasteiger partial charge in [-0.3, -0.25) is 9.69 Å². The second-order valence-corrected chi connectivity index (χ2v) is 8.06. The van der Waals surface area contributed by atoms with E-state index in [9.17, 15) is 4.79 Å². The van der Waals surface area contributed by atoms with Gasteiger partial charge in [0, 0.05) is 30.7 Å². The van der Waals surface area contributed by atoms with Crippen molar-refractivity contribution >= 4 is 21.8 Å². The van der Waals surface area contributed by atoms with Crippen molar-refractivity contribution in [3.8, 4) is 0 Å². The third kappa shape index (κ3) is 3.51. The van der Waals surface area contributed by atoms with Crippen LogP contribution in [0.1, 0.15) is 29.5 Å². The zero-order chi connectivity index (χ0) is 17.3. The third-order valence-electron chi connectivity index (χ3n) is 5.50. The van der Waals surface area contributed by atoms with Crippen molar-refractivity contribution in [2.24, 2.45) is 0 Å². The molecule has 1 heterocycles. The number of carbonyl (C=O) groups excluding carboxylic acids is 1. The zero-order valence-corrected chi connectivity index (χ0v) is 15.9. The molecule has 0 aromatic heterocycles. The van der Waals surface area contributed by atoms with Crippen LogP contribution in [0.4, 0.5) is 0 Å². The maximum absolute atomic E-state index is 12.7. The summed E-state index contributed by atoms with van der Waals surface area (Å²) in [6, 6.07) is 16.8. The lowest BCUT2D eigenvalue weighted by atomic mass is 9.95. The number of nitrogens with zero attached hydrogens (tertiary/aromatic N) is 1. The Morgan fingerprint density at radius 3 is 2.52 bits per heavy atom. The second kappa shape index (κ2) is 6.93. The van der Waals surface area contributed by atoms with E-state index in [0.29, 0.717) is 0 Å². The molecule has 0 spiro atoms. The molecule has 1 aliphatic heterocycles. The second-order valence-electron chi connectivity index (χ2n) is 7.14. The Morgan fingerprint density at radius 1 is 1.08 bits per heavy atom. The lowest BCUT2D eigenvalue weighted by Crippen LogP contribution is -2.41. The molecule has 3 nitrogen and oxygen atoms in total. The van der Waals surface area contributed by atoms with Gasteiger partial charge in [-0.05, 0) is 48.1 Å². The molecule has 25 heavy (non-hydrogen) atoms. The molecule has 1 saturated carbocycles. The summed E-state index contributed by atoms with van der Waals surface area (Å²) in [7, 11) is 0. The minimum Gasteiger partial charge on any atom is -0.354 e. The van der Waals surface area contributed by atoms with Gasteiger partial charge in [-0.15, -0.1) is 0 Å². The molecule has 0 saturated heterocycles. The average molecular weight is 399 g/mol. The van der Waals surface area contributed by atoms with Crippen molar-refractivity contribution in [2.45, 2.75) is 31.2 Å². The molecule has 1 amide bonds. The summed E-state index contributed by atoms with van der Waals surface area (Å²) in [6.07, 6.45) is 3.02. The molecule has 2 aromatic carbocycles. The Hall–Kier alpha value is -1.65. The van der Waals surface area contributed by atoms with Crippen LogP contribution in [0, 0.1) is 0 Å². The molecule has 0 unspecified atom stereocenters. The summed E-state index contributed by atoms with van der Waals surface area (Å²) in [5, 5.41) is 3.18. The molecule has 1 N–H and O–H groups in total. The van der Waals surface area contributed by atoms with Crippen LogP contribution in [0.15, 0.2) is 53.0 Å². The molecule has 1 fully saturated rings. The summed E-state index contributed by atoms with van der Waals surface area (Å²) in [4.78, 5) is 15.1. The van der Waals surface area contributed by atoms with Crippen molar-refractivity contribution in [3.05, 3.63) is 69.7 Å². The smallest absolute Gasteiger partial charge is 0.230 e. The van der Waals surface area contributed by atoms with Gasteiger partial charge in [-0.1, -0.05) is 52.3 Å². The molecule has 2 aliphatic rings. The Balaban J connectivity index is 1.30. The predicted octanol–water partition coefficient (Wildman–Crippen LogP) is 3.66. The summed E-state index contributed by atoms with van der Waals surface area (Å²) in [5.41, 5.74) is 3.75. The number of rotatable bonds is 5. The quantitative estimate of drug-likeness (QED) is 0.833. The van der Waals surface area contributed by atoms with Crippen molar-refractivity contribution in [1.82, 2.24) is 10.2 Å². The third-order valence-corrected chi connectivity index (χ3v) is 6.03. The number of halogens is 1. The van der Waals surface area contributed by atoms with Crippen LogP contribution in [0.3, 0.4) is 0 Å². The monoisotopic (exact) mass is 398 g/mol. The molecular formula is C21H23BrN2O.